The van der Waals surface area contributed by atoms with E-state index in [2.05, 4.69) is 40.8 Å². The van der Waals surface area contributed by atoms with Gasteiger partial charge < -0.3 is 23.1 Å². The second kappa shape index (κ2) is 6.90. The van der Waals surface area contributed by atoms with Gasteiger partial charge in [0.05, 0.1) is 5.52 Å². The van der Waals surface area contributed by atoms with Crippen molar-refractivity contribution in [1.82, 2.24) is 14.8 Å². The van der Waals surface area contributed by atoms with Crippen molar-refractivity contribution in [3.05, 3.63) is 36.4 Å². The minimum atomic E-state index is -4.03. The first-order valence-electron chi connectivity index (χ1n) is 10.1. The summed E-state index contributed by atoms with van der Waals surface area (Å²) in [7, 11) is -4.03. The van der Waals surface area contributed by atoms with Gasteiger partial charge in [0.15, 0.2) is 5.75 Å². The number of nitrogens with zero attached hydrogens (tertiary/aromatic N) is 2. The van der Waals surface area contributed by atoms with Crippen molar-refractivity contribution < 1.29 is 16.8 Å². The Morgan fingerprint density at radius 1 is 1.00 bits per heavy atom. The molecular weight excluding hydrogens is 390 g/mol. The molecule has 2 atom stereocenters. The molecule has 1 fully saturated rings. The molecule has 0 amide bonds. The molecule has 154 valence electrons. The molecule has 0 spiro atoms. The third kappa shape index (κ3) is 3.35. The summed E-state index contributed by atoms with van der Waals surface area (Å²) in [5.41, 5.74) is 1.86. The van der Waals surface area contributed by atoms with Crippen LogP contribution in [0.25, 0.3) is 21.8 Å². The van der Waals surface area contributed by atoms with E-state index in [0.717, 1.165) is 54.4 Å². The van der Waals surface area contributed by atoms with Crippen LogP contribution < -0.4 is 13.7 Å². The van der Waals surface area contributed by atoms with E-state index in [1.54, 1.807) is 6.07 Å². The topological polar surface area (TPSA) is 72.8 Å². The highest BCUT2D eigenvalue weighted by Gasteiger charge is 2.32. The van der Waals surface area contributed by atoms with Gasteiger partial charge >= 0.3 is 10.4 Å². The number of hydrogen-bond acceptors (Lipinski definition) is 6. The normalized spacial score (nSPS) is 23.8. The summed E-state index contributed by atoms with van der Waals surface area (Å²) in [6, 6.07) is 12.7. The van der Waals surface area contributed by atoms with E-state index in [4.69, 9.17) is 8.37 Å². The monoisotopic (exact) mass is 415 g/mol. The quantitative estimate of drug-likeness (QED) is 0.706. The molecule has 3 heterocycles. The number of benzene rings is 2. The Morgan fingerprint density at radius 3 is 2.55 bits per heavy atom. The van der Waals surface area contributed by atoms with Crippen LogP contribution in [-0.2, 0) is 16.9 Å². The van der Waals surface area contributed by atoms with Crippen molar-refractivity contribution in [2.75, 3.05) is 19.6 Å². The maximum absolute atomic E-state index is 11.9. The van der Waals surface area contributed by atoms with Gasteiger partial charge in [0.25, 0.3) is 0 Å². The Balaban J connectivity index is 1.50. The largest absolute Gasteiger partial charge is 0.501 e. The molecule has 0 radical (unpaired) electrons. The van der Waals surface area contributed by atoms with Gasteiger partial charge in [-0.25, -0.2) is 0 Å². The molecular formula is C21H25N3O4S. The molecule has 1 saturated heterocycles. The zero-order valence-corrected chi connectivity index (χ0v) is 17.4. The number of piperazine rings is 1. The summed E-state index contributed by atoms with van der Waals surface area (Å²) in [5, 5.41) is 5.63. The number of hydrogen-bond donors (Lipinski definition) is 1. The van der Waals surface area contributed by atoms with E-state index in [1.807, 2.05) is 18.2 Å². The van der Waals surface area contributed by atoms with E-state index in [0.29, 0.717) is 17.8 Å². The first kappa shape index (κ1) is 18.7. The van der Waals surface area contributed by atoms with Gasteiger partial charge in [0.1, 0.15) is 0 Å². The third-order valence-electron chi connectivity index (χ3n) is 5.72. The Labute approximate surface area is 170 Å². The van der Waals surface area contributed by atoms with Crippen LogP contribution in [0.5, 0.6) is 11.5 Å². The van der Waals surface area contributed by atoms with E-state index in [9.17, 15) is 8.42 Å². The van der Waals surface area contributed by atoms with Crippen molar-refractivity contribution in [3.63, 3.8) is 0 Å². The lowest BCUT2D eigenvalue weighted by atomic mass is 10.1. The number of aromatic nitrogens is 1. The van der Waals surface area contributed by atoms with Gasteiger partial charge in [-0.1, -0.05) is 18.2 Å². The SMILES string of the molecule is CC1CN(CCCn2c3ccccc3c3ccc4c(c32)OS(=O)(=O)O4)CC(C)N1. The highest BCUT2D eigenvalue weighted by molar-refractivity contribution is 7.82. The first-order valence-corrected chi connectivity index (χ1v) is 11.4. The molecule has 0 aliphatic carbocycles. The van der Waals surface area contributed by atoms with Crippen LogP contribution in [0.1, 0.15) is 20.3 Å². The van der Waals surface area contributed by atoms with Crippen LogP contribution in [0.3, 0.4) is 0 Å². The molecule has 5 rings (SSSR count). The molecule has 1 aromatic heterocycles. The molecule has 2 aromatic carbocycles. The lowest BCUT2D eigenvalue weighted by Crippen LogP contribution is -2.54. The van der Waals surface area contributed by atoms with Gasteiger partial charge in [-0.15, -0.1) is 8.42 Å². The predicted octanol–water partition coefficient (Wildman–Crippen LogP) is 2.88. The molecule has 2 aliphatic heterocycles. The number of aryl methyl sites for hydroxylation is 1. The van der Waals surface area contributed by atoms with Crippen molar-refractivity contribution in [2.45, 2.75) is 38.9 Å². The highest BCUT2D eigenvalue weighted by Crippen LogP contribution is 2.45. The number of para-hydroxylation sites is 1. The molecule has 2 aliphatic rings. The zero-order chi connectivity index (χ0) is 20.2. The molecule has 1 N–H and O–H groups in total. The van der Waals surface area contributed by atoms with Crippen molar-refractivity contribution >= 4 is 32.2 Å². The van der Waals surface area contributed by atoms with Gasteiger partial charge in [-0.3, -0.25) is 0 Å². The van der Waals surface area contributed by atoms with E-state index in [-0.39, 0.29) is 5.75 Å². The minimum Gasteiger partial charge on any atom is -0.349 e. The van der Waals surface area contributed by atoms with Crippen LogP contribution in [0.4, 0.5) is 0 Å². The maximum Gasteiger partial charge on any atom is 0.501 e. The predicted molar refractivity (Wildman–Crippen MR) is 113 cm³/mol. The molecule has 7 nitrogen and oxygen atoms in total. The fourth-order valence-electron chi connectivity index (χ4n) is 4.78. The minimum absolute atomic E-state index is 0.256. The van der Waals surface area contributed by atoms with E-state index >= 15 is 0 Å². The fraction of sp³-hybridized carbons (Fsp3) is 0.429. The third-order valence-corrected chi connectivity index (χ3v) is 6.47. The van der Waals surface area contributed by atoms with Crippen LogP contribution in [0.15, 0.2) is 36.4 Å². The Hall–Kier alpha value is -2.29. The van der Waals surface area contributed by atoms with Crippen LogP contribution in [0, 0.1) is 0 Å². The highest BCUT2D eigenvalue weighted by atomic mass is 32.3. The van der Waals surface area contributed by atoms with Gasteiger partial charge in [-0.05, 0) is 45.0 Å². The summed E-state index contributed by atoms with van der Waals surface area (Å²) in [5.74, 6) is 0.550. The molecule has 2 unspecified atom stereocenters. The number of fused-ring (bicyclic) bond motifs is 5. The lowest BCUT2D eigenvalue weighted by Gasteiger charge is -2.36. The number of nitrogens with one attached hydrogen (secondary N) is 1. The summed E-state index contributed by atoms with van der Waals surface area (Å²) in [6.07, 6.45) is 0.963. The summed E-state index contributed by atoms with van der Waals surface area (Å²) in [6.45, 7) is 8.29. The standard InChI is InChI=1S/C21H25N3O4S/c1-14-12-23(13-15(2)22-14)10-5-11-24-18-7-4-3-6-16(18)17-8-9-19-21(20(17)24)28-29(25,26)27-19/h3-4,6-9,14-15,22H,5,10-13H2,1-2H3. The van der Waals surface area contributed by atoms with Crippen molar-refractivity contribution in [1.29, 1.82) is 0 Å². The molecule has 29 heavy (non-hydrogen) atoms. The van der Waals surface area contributed by atoms with Crippen molar-refractivity contribution in [2.24, 2.45) is 0 Å². The first-order chi connectivity index (χ1) is 13.9. The van der Waals surface area contributed by atoms with Gasteiger partial charge in [-0.2, -0.15) is 0 Å². The average Bonchev–Trinajstić information content (AvgIpc) is 3.14. The van der Waals surface area contributed by atoms with E-state index in [1.165, 1.54) is 0 Å². The lowest BCUT2D eigenvalue weighted by molar-refractivity contribution is 0.170. The van der Waals surface area contributed by atoms with Crippen LogP contribution in [0.2, 0.25) is 0 Å². The van der Waals surface area contributed by atoms with E-state index < -0.39 is 10.4 Å². The fourth-order valence-corrected chi connectivity index (χ4v) is 5.53. The van der Waals surface area contributed by atoms with Crippen LogP contribution in [-0.4, -0.2) is 49.6 Å². The van der Waals surface area contributed by atoms with Crippen LogP contribution >= 0.6 is 0 Å². The zero-order valence-electron chi connectivity index (χ0n) is 16.6. The number of rotatable bonds is 4. The molecule has 0 bridgehead atoms. The van der Waals surface area contributed by atoms with Crippen molar-refractivity contribution in [3.8, 4) is 11.5 Å². The smallest absolute Gasteiger partial charge is 0.349 e. The molecule has 0 saturated carbocycles. The Kier molecular flexibility index (Phi) is 4.45. The summed E-state index contributed by atoms with van der Waals surface area (Å²) >= 11 is 0. The second-order valence-electron chi connectivity index (χ2n) is 8.11. The summed E-state index contributed by atoms with van der Waals surface area (Å²) < 4.78 is 36.1. The molecule has 3 aromatic rings. The second-order valence-corrected chi connectivity index (χ2v) is 9.26. The molecule has 8 heteroatoms. The Bertz CT molecular complexity index is 1180. The van der Waals surface area contributed by atoms with Gasteiger partial charge in [0, 0.05) is 48.0 Å². The summed E-state index contributed by atoms with van der Waals surface area (Å²) in [4.78, 5) is 2.49. The maximum atomic E-state index is 11.9. The van der Waals surface area contributed by atoms with Gasteiger partial charge in [0.2, 0.25) is 5.75 Å². The average molecular weight is 416 g/mol. The Morgan fingerprint density at radius 2 is 1.76 bits per heavy atom.